The second kappa shape index (κ2) is 8.48. The minimum absolute atomic E-state index is 0.147. The van der Waals surface area contributed by atoms with Gasteiger partial charge in [-0.3, -0.25) is 4.79 Å². The number of carboxylic acid groups (broad SMARTS) is 2. The van der Waals surface area contributed by atoms with Crippen molar-refractivity contribution in [1.82, 2.24) is 4.98 Å². The third-order valence-electron chi connectivity index (χ3n) is 4.22. The molecule has 10 heteroatoms. The van der Waals surface area contributed by atoms with Crippen LogP contribution in [-0.4, -0.2) is 27.1 Å². The van der Waals surface area contributed by atoms with Crippen LogP contribution in [0.3, 0.4) is 0 Å². The molecule has 0 saturated carbocycles. The summed E-state index contributed by atoms with van der Waals surface area (Å²) in [4.78, 5) is 37.4. The van der Waals surface area contributed by atoms with Crippen molar-refractivity contribution in [3.05, 3.63) is 79.6 Å². The number of nitrogens with one attached hydrogen (secondary N) is 1. The standard InChI is InChI=1S/C20H14Cl2N2O6/c21-11-4-1-10(13(22)7-11)8-30-12-5-2-9(3-6-12)14-15(19(26)27)17(23)24-18(25)16(14)20(28)29/h1-7H,8H2,(H,26,27)(H,28,29)(H3,23,24,25). The molecule has 0 spiro atoms. The van der Waals surface area contributed by atoms with E-state index in [4.69, 9.17) is 33.7 Å². The first kappa shape index (κ1) is 21.2. The average molecular weight is 449 g/mol. The van der Waals surface area contributed by atoms with E-state index in [0.29, 0.717) is 21.4 Å². The van der Waals surface area contributed by atoms with Crippen molar-refractivity contribution in [2.45, 2.75) is 6.61 Å². The number of nitrogens with two attached hydrogens (primary N) is 1. The number of carboxylic acids is 2. The number of aromatic nitrogens is 1. The van der Waals surface area contributed by atoms with Gasteiger partial charge < -0.3 is 25.7 Å². The number of anilines is 1. The molecule has 1 aromatic heterocycles. The third-order valence-corrected chi connectivity index (χ3v) is 4.81. The summed E-state index contributed by atoms with van der Waals surface area (Å²) in [5.41, 5.74) is 3.99. The lowest BCUT2D eigenvalue weighted by atomic mass is 9.95. The van der Waals surface area contributed by atoms with Crippen molar-refractivity contribution in [1.29, 1.82) is 0 Å². The van der Waals surface area contributed by atoms with E-state index in [1.807, 2.05) is 0 Å². The molecule has 0 bridgehead atoms. The van der Waals surface area contributed by atoms with Crippen molar-refractivity contribution in [2.75, 3.05) is 5.73 Å². The topological polar surface area (TPSA) is 143 Å². The van der Waals surface area contributed by atoms with Gasteiger partial charge in [0.1, 0.15) is 29.3 Å². The van der Waals surface area contributed by atoms with Crippen molar-refractivity contribution < 1.29 is 24.5 Å². The summed E-state index contributed by atoms with van der Waals surface area (Å²) in [6, 6.07) is 10.9. The van der Waals surface area contributed by atoms with Crippen LogP contribution in [0.1, 0.15) is 26.3 Å². The van der Waals surface area contributed by atoms with Crippen LogP contribution in [0.5, 0.6) is 5.75 Å². The molecule has 154 valence electrons. The Balaban J connectivity index is 1.97. The van der Waals surface area contributed by atoms with Gasteiger partial charge in [0.15, 0.2) is 0 Å². The Kier molecular flexibility index (Phi) is 6.00. The highest BCUT2D eigenvalue weighted by Crippen LogP contribution is 2.31. The van der Waals surface area contributed by atoms with Gasteiger partial charge in [0.05, 0.1) is 0 Å². The molecule has 0 atom stereocenters. The number of rotatable bonds is 6. The van der Waals surface area contributed by atoms with Gasteiger partial charge in [-0.15, -0.1) is 0 Å². The summed E-state index contributed by atoms with van der Waals surface area (Å²) >= 11 is 12.0. The molecule has 1 heterocycles. The number of aromatic amines is 1. The van der Waals surface area contributed by atoms with E-state index >= 15 is 0 Å². The predicted molar refractivity (Wildman–Crippen MR) is 112 cm³/mol. The normalized spacial score (nSPS) is 10.6. The number of H-pyrrole nitrogens is 1. The van der Waals surface area contributed by atoms with E-state index in [-0.39, 0.29) is 17.7 Å². The number of benzene rings is 2. The van der Waals surface area contributed by atoms with Crippen LogP contribution in [0.2, 0.25) is 10.0 Å². The fourth-order valence-electron chi connectivity index (χ4n) is 2.85. The summed E-state index contributed by atoms with van der Waals surface area (Å²) in [5.74, 6) is -3.08. The zero-order valence-electron chi connectivity index (χ0n) is 15.1. The minimum atomic E-state index is -1.58. The van der Waals surface area contributed by atoms with Gasteiger partial charge in [0, 0.05) is 21.2 Å². The van der Waals surface area contributed by atoms with E-state index in [2.05, 4.69) is 4.98 Å². The van der Waals surface area contributed by atoms with Gasteiger partial charge in [-0.1, -0.05) is 41.4 Å². The molecule has 8 nitrogen and oxygen atoms in total. The van der Waals surface area contributed by atoms with Crippen LogP contribution < -0.4 is 16.0 Å². The predicted octanol–water partition coefficient (Wildman–Crippen LogP) is 3.91. The molecule has 2 aromatic carbocycles. The van der Waals surface area contributed by atoms with Crippen molar-refractivity contribution >= 4 is 41.0 Å². The number of carbonyl (C=O) groups is 2. The van der Waals surface area contributed by atoms with Gasteiger partial charge in [-0.2, -0.15) is 0 Å². The first-order valence-electron chi connectivity index (χ1n) is 8.38. The highest BCUT2D eigenvalue weighted by Gasteiger charge is 2.26. The smallest absolute Gasteiger partial charge is 0.342 e. The Labute approximate surface area is 179 Å². The Bertz CT molecular complexity index is 1210. The van der Waals surface area contributed by atoms with E-state index < -0.39 is 34.4 Å². The van der Waals surface area contributed by atoms with E-state index in [9.17, 15) is 24.6 Å². The Morgan fingerprint density at radius 3 is 2.20 bits per heavy atom. The number of ether oxygens (including phenoxy) is 1. The summed E-state index contributed by atoms with van der Waals surface area (Å²) in [5, 5.41) is 19.8. The number of aromatic carboxylic acids is 2. The highest BCUT2D eigenvalue weighted by molar-refractivity contribution is 6.35. The van der Waals surface area contributed by atoms with Crippen LogP contribution >= 0.6 is 23.2 Å². The number of pyridine rings is 1. The van der Waals surface area contributed by atoms with Crippen molar-refractivity contribution in [3.8, 4) is 16.9 Å². The molecular formula is C20H14Cl2N2O6. The summed E-state index contributed by atoms with van der Waals surface area (Å²) < 4.78 is 5.65. The molecule has 0 fully saturated rings. The molecule has 0 aliphatic rings. The molecule has 0 saturated heterocycles. The van der Waals surface area contributed by atoms with Crippen LogP contribution in [-0.2, 0) is 6.61 Å². The molecule has 3 aromatic rings. The SMILES string of the molecule is Nc1[nH]c(=O)c(C(=O)O)c(-c2ccc(OCc3ccc(Cl)cc3Cl)cc2)c1C(=O)O. The van der Waals surface area contributed by atoms with Gasteiger partial charge in [-0.25, -0.2) is 9.59 Å². The average Bonchev–Trinajstić information content (AvgIpc) is 2.66. The molecule has 30 heavy (non-hydrogen) atoms. The fraction of sp³-hybridized carbons (Fsp3) is 0.0500. The summed E-state index contributed by atoms with van der Waals surface area (Å²) in [6.07, 6.45) is 0. The van der Waals surface area contributed by atoms with Crippen molar-refractivity contribution in [3.63, 3.8) is 0 Å². The lowest BCUT2D eigenvalue weighted by Crippen LogP contribution is -2.24. The van der Waals surface area contributed by atoms with E-state index in [0.717, 1.165) is 0 Å². The Hall–Kier alpha value is -3.49. The molecular weight excluding hydrogens is 435 g/mol. The van der Waals surface area contributed by atoms with Gasteiger partial charge in [0.25, 0.3) is 5.56 Å². The largest absolute Gasteiger partial charge is 0.489 e. The maximum absolute atomic E-state index is 12.1. The first-order valence-corrected chi connectivity index (χ1v) is 9.14. The maximum Gasteiger partial charge on any atom is 0.342 e. The zero-order valence-corrected chi connectivity index (χ0v) is 16.6. The van der Waals surface area contributed by atoms with Crippen LogP contribution in [0, 0.1) is 0 Å². The minimum Gasteiger partial charge on any atom is -0.489 e. The monoisotopic (exact) mass is 448 g/mol. The molecule has 3 rings (SSSR count). The number of halogens is 2. The second-order valence-corrected chi connectivity index (χ2v) is 7.00. The lowest BCUT2D eigenvalue weighted by Gasteiger charge is -2.13. The Morgan fingerprint density at radius 2 is 1.63 bits per heavy atom. The van der Waals surface area contributed by atoms with Crippen LogP contribution in [0.15, 0.2) is 47.3 Å². The summed E-state index contributed by atoms with van der Waals surface area (Å²) in [7, 11) is 0. The molecule has 0 radical (unpaired) electrons. The fourth-order valence-corrected chi connectivity index (χ4v) is 3.32. The quantitative estimate of drug-likeness (QED) is 0.447. The molecule has 0 amide bonds. The number of hydrogen-bond donors (Lipinski definition) is 4. The van der Waals surface area contributed by atoms with Gasteiger partial charge >= 0.3 is 11.9 Å². The molecule has 5 N–H and O–H groups in total. The van der Waals surface area contributed by atoms with E-state index in [1.165, 1.54) is 24.3 Å². The van der Waals surface area contributed by atoms with Gasteiger partial charge in [-0.05, 0) is 29.8 Å². The van der Waals surface area contributed by atoms with E-state index in [1.54, 1.807) is 18.2 Å². The zero-order chi connectivity index (χ0) is 22.0. The van der Waals surface area contributed by atoms with Gasteiger partial charge in [0.2, 0.25) is 0 Å². The Morgan fingerprint density at radius 1 is 1.00 bits per heavy atom. The molecule has 0 unspecified atom stereocenters. The number of hydrogen-bond acceptors (Lipinski definition) is 5. The van der Waals surface area contributed by atoms with Crippen molar-refractivity contribution in [2.24, 2.45) is 0 Å². The number of nitrogen functional groups attached to an aromatic ring is 1. The first-order chi connectivity index (χ1) is 14.2. The lowest BCUT2D eigenvalue weighted by molar-refractivity contribution is 0.0695. The second-order valence-electron chi connectivity index (χ2n) is 6.15. The third kappa shape index (κ3) is 4.24. The maximum atomic E-state index is 12.1. The molecule has 0 aliphatic carbocycles. The van der Waals surface area contributed by atoms with Crippen LogP contribution in [0.25, 0.3) is 11.1 Å². The molecule has 0 aliphatic heterocycles. The van der Waals surface area contributed by atoms with Crippen LogP contribution in [0.4, 0.5) is 5.82 Å². The summed E-state index contributed by atoms with van der Waals surface area (Å²) in [6.45, 7) is 0.147. The highest BCUT2D eigenvalue weighted by atomic mass is 35.5.